The number of anilines is 1. The summed E-state index contributed by atoms with van der Waals surface area (Å²) in [6.45, 7) is 6.79. The SMILES string of the molecule is CC(C)(C)[C@H]1CC/C(=N\Nc2ccc([N+](=O)[O-])cc2[N+](=O)[O-])[C@H](Cc2ccccc2)C1. The average Bonchev–Trinajstić information content (AvgIpc) is 2.72. The third-order valence-electron chi connectivity index (χ3n) is 6.05. The van der Waals surface area contributed by atoms with E-state index in [-0.39, 0.29) is 28.4 Å². The molecule has 0 spiro atoms. The minimum atomic E-state index is -0.646. The zero-order chi connectivity index (χ0) is 22.6. The number of nitro benzene ring substituents is 2. The largest absolute Gasteiger partial charge is 0.301 e. The van der Waals surface area contributed by atoms with Gasteiger partial charge < -0.3 is 0 Å². The van der Waals surface area contributed by atoms with E-state index in [4.69, 9.17) is 0 Å². The Labute approximate surface area is 181 Å². The van der Waals surface area contributed by atoms with Crippen LogP contribution in [0.3, 0.4) is 0 Å². The summed E-state index contributed by atoms with van der Waals surface area (Å²) in [6, 6.07) is 13.8. The molecular formula is C23H28N4O4. The van der Waals surface area contributed by atoms with E-state index in [0.29, 0.717) is 5.92 Å². The van der Waals surface area contributed by atoms with E-state index in [1.54, 1.807) is 0 Å². The summed E-state index contributed by atoms with van der Waals surface area (Å²) in [5, 5.41) is 26.9. The van der Waals surface area contributed by atoms with Gasteiger partial charge >= 0.3 is 5.69 Å². The molecule has 0 amide bonds. The summed E-state index contributed by atoms with van der Waals surface area (Å²) in [6.07, 6.45) is 3.68. The van der Waals surface area contributed by atoms with Gasteiger partial charge in [-0.25, -0.2) is 0 Å². The second kappa shape index (κ2) is 9.24. The molecule has 0 aliphatic heterocycles. The lowest BCUT2D eigenvalue weighted by molar-refractivity contribution is -0.393. The normalized spacial score (nSPS) is 20.4. The van der Waals surface area contributed by atoms with Crippen molar-refractivity contribution in [1.82, 2.24) is 0 Å². The van der Waals surface area contributed by atoms with Gasteiger partial charge in [-0.1, -0.05) is 51.1 Å². The Bertz CT molecular complexity index is 983. The van der Waals surface area contributed by atoms with Crippen LogP contribution in [0.25, 0.3) is 0 Å². The van der Waals surface area contributed by atoms with Crippen LogP contribution in [0.2, 0.25) is 0 Å². The molecule has 1 aliphatic rings. The molecule has 0 aromatic heterocycles. The number of hydrogen-bond acceptors (Lipinski definition) is 6. The van der Waals surface area contributed by atoms with Crippen molar-refractivity contribution in [2.45, 2.75) is 46.5 Å². The molecule has 2 aromatic rings. The third kappa shape index (κ3) is 5.65. The highest BCUT2D eigenvalue weighted by molar-refractivity contribution is 5.88. The van der Waals surface area contributed by atoms with Crippen molar-refractivity contribution in [3.8, 4) is 0 Å². The van der Waals surface area contributed by atoms with Crippen LogP contribution in [0, 0.1) is 37.5 Å². The summed E-state index contributed by atoms with van der Waals surface area (Å²) in [5.74, 6) is 0.791. The number of nitrogens with one attached hydrogen (secondary N) is 1. The van der Waals surface area contributed by atoms with E-state index in [9.17, 15) is 20.2 Å². The van der Waals surface area contributed by atoms with Gasteiger partial charge in [-0.2, -0.15) is 5.10 Å². The molecule has 0 radical (unpaired) electrons. The quantitative estimate of drug-likeness (QED) is 0.453. The van der Waals surface area contributed by atoms with Crippen LogP contribution < -0.4 is 5.43 Å². The molecule has 1 fully saturated rings. The molecule has 8 nitrogen and oxygen atoms in total. The van der Waals surface area contributed by atoms with Gasteiger partial charge in [0.15, 0.2) is 0 Å². The third-order valence-corrected chi connectivity index (χ3v) is 6.05. The number of hydrogen-bond donors (Lipinski definition) is 1. The molecule has 0 heterocycles. The van der Waals surface area contributed by atoms with Gasteiger partial charge in [0.05, 0.1) is 15.9 Å². The fraction of sp³-hybridized carbons (Fsp3) is 0.435. The Kier molecular flexibility index (Phi) is 6.68. The number of hydrazone groups is 1. The van der Waals surface area contributed by atoms with Gasteiger partial charge in [0.1, 0.15) is 5.69 Å². The fourth-order valence-electron chi connectivity index (χ4n) is 4.17. The molecule has 1 aliphatic carbocycles. The van der Waals surface area contributed by atoms with Crippen LogP contribution >= 0.6 is 0 Å². The summed E-state index contributed by atoms with van der Waals surface area (Å²) >= 11 is 0. The molecule has 0 bridgehead atoms. The second-order valence-corrected chi connectivity index (χ2v) is 9.15. The van der Waals surface area contributed by atoms with E-state index in [1.165, 1.54) is 17.7 Å². The Hall–Kier alpha value is -3.29. The Morgan fingerprint density at radius 1 is 1.06 bits per heavy atom. The molecule has 0 saturated heterocycles. The molecule has 164 valence electrons. The molecule has 1 saturated carbocycles. The number of nitrogens with zero attached hydrogens (tertiary/aromatic N) is 3. The monoisotopic (exact) mass is 424 g/mol. The number of rotatable bonds is 6. The van der Waals surface area contributed by atoms with Gasteiger partial charge in [-0.3, -0.25) is 25.7 Å². The predicted octanol–water partition coefficient (Wildman–Crippen LogP) is 5.98. The Morgan fingerprint density at radius 2 is 1.77 bits per heavy atom. The van der Waals surface area contributed by atoms with Crippen LogP contribution in [-0.2, 0) is 6.42 Å². The maximum absolute atomic E-state index is 11.4. The number of benzene rings is 2. The van der Waals surface area contributed by atoms with E-state index in [0.717, 1.165) is 37.5 Å². The molecule has 31 heavy (non-hydrogen) atoms. The predicted molar refractivity (Wildman–Crippen MR) is 121 cm³/mol. The van der Waals surface area contributed by atoms with E-state index in [1.807, 2.05) is 18.2 Å². The van der Waals surface area contributed by atoms with E-state index < -0.39 is 9.85 Å². The van der Waals surface area contributed by atoms with Gasteiger partial charge in [0.2, 0.25) is 0 Å². The Balaban J connectivity index is 1.86. The lowest BCUT2D eigenvalue weighted by Crippen LogP contribution is -2.33. The minimum Gasteiger partial charge on any atom is -0.272 e. The highest BCUT2D eigenvalue weighted by atomic mass is 16.6. The second-order valence-electron chi connectivity index (χ2n) is 9.15. The first-order chi connectivity index (χ1) is 14.6. The van der Waals surface area contributed by atoms with Gasteiger partial charge in [-0.05, 0) is 48.6 Å². The zero-order valence-corrected chi connectivity index (χ0v) is 18.1. The van der Waals surface area contributed by atoms with E-state index in [2.05, 4.69) is 43.4 Å². The van der Waals surface area contributed by atoms with Crippen LogP contribution in [0.1, 0.15) is 45.6 Å². The van der Waals surface area contributed by atoms with Crippen LogP contribution in [0.5, 0.6) is 0 Å². The van der Waals surface area contributed by atoms with Gasteiger partial charge in [-0.15, -0.1) is 0 Å². The van der Waals surface area contributed by atoms with Gasteiger partial charge in [0.25, 0.3) is 5.69 Å². The highest BCUT2D eigenvalue weighted by Gasteiger charge is 2.34. The van der Waals surface area contributed by atoms with Crippen LogP contribution in [0.4, 0.5) is 17.1 Å². The van der Waals surface area contributed by atoms with Crippen LogP contribution in [0.15, 0.2) is 53.6 Å². The molecular weight excluding hydrogens is 396 g/mol. The Morgan fingerprint density at radius 3 is 2.39 bits per heavy atom. The summed E-state index contributed by atoms with van der Waals surface area (Å²) in [5.41, 5.74) is 4.71. The summed E-state index contributed by atoms with van der Waals surface area (Å²) < 4.78 is 0. The van der Waals surface area contributed by atoms with Crippen molar-refractivity contribution in [3.05, 3.63) is 74.3 Å². The maximum atomic E-state index is 11.4. The number of nitro groups is 2. The molecule has 8 heteroatoms. The minimum absolute atomic E-state index is 0.152. The topological polar surface area (TPSA) is 111 Å². The van der Waals surface area contributed by atoms with Crippen molar-refractivity contribution in [2.75, 3.05) is 5.43 Å². The van der Waals surface area contributed by atoms with E-state index >= 15 is 0 Å². The first-order valence-corrected chi connectivity index (χ1v) is 10.4. The molecule has 2 aromatic carbocycles. The smallest absolute Gasteiger partial charge is 0.272 e. The van der Waals surface area contributed by atoms with Crippen molar-refractivity contribution in [1.29, 1.82) is 0 Å². The van der Waals surface area contributed by atoms with Gasteiger partial charge in [0, 0.05) is 17.7 Å². The molecule has 0 unspecified atom stereocenters. The first kappa shape index (κ1) is 22.4. The van der Waals surface area contributed by atoms with Crippen molar-refractivity contribution in [3.63, 3.8) is 0 Å². The highest BCUT2D eigenvalue weighted by Crippen LogP contribution is 2.40. The van der Waals surface area contributed by atoms with Crippen molar-refractivity contribution < 1.29 is 9.85 Å². The summed E-state index contributed by atoms with van der Waals surface area (Å²) in [7, 11) is 0. The standard InChI is InChI=1S/C23H28N4O4/c1-23(2,3)18-9-11-20(17(14-18)13-16-7-5-4-6-8-16)24-25-21-12-10-19(26(28)29)15-22(21)27(30)31/h4-8,10,12,15,17-18,25H,9,11,13-14H2,1-3H3/b24-20+/t17-,18+/m1/s1. The van der Waals surface area contributed by atoms with Crippen molar-refractivity contribution >= 4 is 22.8 Å². The average molecular weight is 425 g/mol. The summed E-state index contributed by atoms with van der Waals surface area (Å²) in [4.78, 5) is 21.1. The van der Waals surface area contributed by atoms with Crippen LogP contribution in [-0.4, -0.2) is 15.6 Å². The lowest BCUT2D eigenvalue weighted by atomic mass is 9.67. The number of non-ortho nitro benzene ring substituents is 1. The first-order valence-electron chi connectivity index (χ1n) is 10.4. The lowest BCUT2D eigenvalue weighted by Gasteiger charge is -2.38. The fourth-order valence-corrected chi connectivity index (χ4v) is 4.17. The maximum Gasteiger partial charge on any atom is 0.301 e. The zero-order valence-electron chi connectivity index (χ0n) is 18.1. The van der Waals surface area contributed by atoms with Crippen molar-refractivity contribution in [2.24, 2.45) is 22.4 Å². The molecule has 3 rings (SSSR count). The molecule has 2 atom stereocenters. The molecule has 1 N–H and O–H groups in total.